The van der Waals surface area contributed by atoms with Crippen LogP contribution in [0, 0.1) is 5.82 Å². The highest BCUT2D eigenvalue weighted by Crippen LogP contribution is 2.21. The monoisotopic (exact) mass is 412 g/mol. The summed E-state index contributed by atoms with van der Waals surface area (Å²) in [5, 5.41) is 0.394. The van der Waals surface area contributed by atoms with E-state index in [9.17, 15) is 18.8 Å². The lowest BCUT2D eigenvalue weighted by Crippen LogP contribution is -2.51. The second-order valence-electron chi connectivity index (χ2n) is 6.70. The van der Waals surface area contributed by atoms with Gasteiger partial charge in [-0.1, -0.05) is 17.7 Å². The van der Waals surface area contributed by atoms with Crippen LogP contribution in [0.25, 0.3) is 0 Å². The summed E-state index contributed by atoms with van der Waals surface area (Å²) in [6.07, 6.45) is 0. The Morgan fingerprint density at radius 1 is 1.04 bits per heavy atom. The molecule has 0 N–H and O–H groups in total. The summed E-state index contributed by atoms with van der Waals surface area (Å²) in [6.45, 7) is 3.09. The molecule has 0 aromatic heterocycles. The third kappa shape index (κ3) is 4.33. The Bertz CT molecular complexity index is 750. The molecule has 0 unspecified atom stereocenters. The molecule has 0 radical (unpaired) electrons. The molecule has 2 heterocycles. The van der Waals surface area contributed by atoms with Crippen molar-refractivity contribution < 1.29 is 23.5 Å². The maximum atomic E-state index is 14.0. The summed E-state index contributed by atoms with van der Waals surface area (Å²) >= 11 is 6.08. The summed E-state index contributed by atoms with van der Waals surface area (Å²) < 4.78 is 18.8. The Hall–Kier alpha value is -2.07. The first-order valence-corrected chi connectivity index (χ1v) is 9.34. The Morgan fingerprint density at radius 3 is 2.32 bits per heavy atom. The number of rotatable bonds is 7. The standard InChI is InChI=1S/C18H22ClFN4O4/c1-28-10-9-23-16(25)17(26)24(18(23)27)12-22-7-5-21(6-8-22)11-13-14(19)3-2-4-15(13)20/h2-4H,5-12H2,1H3. The number of ether oxygens (including phenoxy) is 1. The highest BCUT2D eigenvalue weighted by Gasteiger charge is 2.44. The molecule has 4 amide bonds. The number of carbonyl (C=O) groups excluding carboxylic acids is 3. The minimum absolute atomic E-state index is 0.0492. The van der Waals surface area contributed by atoms with E-state index in [-0.39, 0.29) is 25.6 Å². The molecule has 0 aliphatic carbocycles. The van der Waals surface area contributed by atoms with Gasteiger partial charge in [0, 0.05) is 50.4 Å². The molecule has 0 atom stereocenters. The zero-order chi connectivity index (χ0) is 20.3. The second kappa shape index (κ2) is 8.95. The van der Waals surface area contributed by atoms with Crippen molar-refractivity contribution in [3.63, 3.8) is 0 Å². The van der Waals surface area contributed by atoms with E-state index in [1.165, 1.54) is 13.2 Å². The normalized spacial score (nSPS) is 19.2. The van der Waals surface area contributed by atoms with Crippen LogP contribution in [-0.2, 0) is 20.9 Å². The Labute approximate surface area is 167 Å². The highest BCUT2D eigenvalue weighted by atomic mass is 35.5. The topological polar surface area (TPSA) is 73.4 Å². The number of methoxy groups -OCH3 is 1. The Balaban J connectivity index is 1.53. The quantitative estimate of drug-likeness (QED) is 0.491. The van der Waals surface area contributed by atoms with Crippen LogP contribution in [0.3, 0.4) is 0 Å². The second-order valence-corrected chi connectivity index (χ2v) is 7.11. The van der Waals surface area contributed by atoms with E-state index in [1.807, 2.05) is 4.90 Å². The van der Waals surface area contributed by atoms with Crippen molar-refractivity contribution >= 4 is 29.4 Å². The molecule has 10 heteroatoms. The lowest BCUT2D eigenvalue weighted by Gasteiger charge is -2.36. The molecule has 1 aromatic carbocycles. The van der Waals surface area contributed by atoms with Gasteiger partial charge in [-0.15, -0.1) is 0 Å². The van der Waals surface area contributed by atoms with Crippen molar-refractivity contribution in [2.45, 2.75) is 6.54 Å². The van der Waals surface area contributed by atoms with Gasteiger partial charge >= 0.3 is 17.8 Å². The predicted molar refractivity (Wildman–Crippen MR) is 99.0 cm³/mol. The first-order chi connectivity index (χ1) is 13.4. The highest BCUT2D eigenvalue weighted by molar-refractivity contribution is 6.44. The fraction of sp³-hybridized carbons (Fsp3) is 0.500. The molecule has 0 bridgehead atoms. The summed E-state index contributed by atoms with van der Waals surface area (Å²) in [5.41, 5.74) is 0.460. The number of imide groups is 2. The molecule has 0 saturated carbocycles. The van der Waals surface area contributed by atoms with E-state index in [1.54, 1.807) is 12.1 Å². The molecular formula is C18H22ClFN4O4. The fourth-order valence-corrected chi connectivity index (χ4v) is 3.47. The maximum Gasteiger partial charge on any atom is 0.335 e. The third-order valence-corrected chi connectivity index (χ3v) is 5.26. The van der Waals surface area contributed by atoms with E-state index in [2.05, 4.69) is 4.90 Å². The van der Waals surface area contributed by atoms with E-state index >= 15 is 0 Å². The van der Waals surface area contributed by atoms with Crippen molar-refractivity contribution in [1.29, 1.82) is 0 Å². The molecule has 152 valence electrons. The van der Waals surface area contributed by atoms with Crippen molar-refractivity contribution in [3.05, 3.63) is 34.6 Å². The summed E-state index contributed by atoms with van der Waals surface area (Å²) in [7, 11) is 1.46. The fourth-order valence-electron chi connectivity index (χ4n) is 3.25. The minimum atomic E-state index is -0.824. The van der Waals surface area contributed by atoms with Gasteiger partial charge in [-0.25, -0.2) is 14.1 Å². The lowest BCUT2D eigenvalue weighted by molar-refractivity contribution is -0.144. The van der Waals surface area contributed by atoms with Crippen LogP contribution >= 0.6 is 11.6 Å². The maximum absolute atomic E-state index is 14.0. The SMILES string of the molecule is COCCN1C(=O)C(=O)N(CN2CCN(Cc3c(F)cccc3Cl)CC2)C1=O. The first-order valence-electron chi connectivity index (χ1n) is 8.96. The van der Waals surface area contributed by atoms with E-state index in [4.69, 9.17) is 16.3 Å². The van der Waals surface area contributed by atoms with Crippen LogP contribution in [-0.4, -0.2) is 90.6 Å². The van der Waals surface area contributed by atoms with Crippen LogP contribution < -0.4 is 0 Å². The van der Waals surface area contributed by atoms with Gasteiger partial charge in [0.1, 0.15) is 5.82 Å². The molecule has 2 aliphatic heterocycles. The lowest BCUT2D eigenvalue weighted by atomic mass is 10.2. The molecule has 2 saturated heterocycles. The third-order valence-electron chi connectivity index (χ3n) is 4.90. The summed E-state index contributed by atoms with van der Waals surface area (Å²) in [6, 6.07) is 4.00. The number of amides is 4. The molecule has 2 aliphatic rings. The number of halogens is 2. The van der Waals surface area contributed by atoms with Crippen LogP contribution in [0.4, 0.5) is 9.18 Å². The van der Waals surface area contributed by atoms with Crippen molar-refractivity contribution in [2.75, 3.05) is 53.1 Å². The number of hydrogen-bond acceptors (Lipinski definition) is 6. The molecule has 3 rings (SSSR count). The Morgan fingerprint density at radius 2 is 1.68 bits per heavy atom. The largest absolute Gasteiger partial charge is 0.383 e. The zero-order valence-corrected chi connectivity index (χ0v) is 16.3. The molecular weight excluding hydrogens is 391 g/mol. The summed E-state index contributed by atoms with van der Waals surface area (Å²) in [4.78, 5) is 42.3. The van der Waals surface area contributed by atoms with Crippen molar-refractivity contribution in [2.24, 2.45) is 0 Å². The summed E-state index contributed by atoms with van der Waals surface area (Å²) in [5.74, 6) is -1.98. The molecule has 2 fully saturated rings. The smallest absolute Gasteiger partial charge is 0.335 e. The van der Waals surface area contributed by atoms with Crippen LogP contribution in [0.1, 0.15) is 5.56 Å². The van der Waals surface area contributed by atoms with Crippen molar-refractivity contribution in [3.8, 4) is 0 Å². The molecule has 8 nitrogen and oxygen atoms in total. The first kappa shape index (κ1) is 20.7. The van der Waals surface area contributed by atoms with E-state index < -0.39 is 17.8 Å². The Kier molecular flexibility index (Phi) is 6.61. The number of hydrogen-bond donors (Lipinski definition) is 0. The number of piperazine rings is 1. The van der Waals surface area contributed by atoms with Crippen molar-refractivity contribution in [1.82, 2.24) is 19.6 Å². The number of nitrogens with zero attached hydrogens (tertiary/aromatic N) is 4. The van der Waals surface area contributed by atoms with Crippen LogP contribution in [0.2, 0.25) is 5.02 Å². The van der Waals surface area contributed by atoms with Gasteiger partial charge in [0.15, 0.2) is 0 Å². The zero-order valence-electron chi connectivity index (χ0n) is 15.6. The van der Waals surface area contributed by atoms with E-state index in [0.29, 0.717) is 43.3 Å². The number of urea groups is 1. The predicted octanol–water partition coefficient (Wildman–Crippen LogP) is 0.991. The van der Waals surface area contributed by atoms with Gasteiger partial charge in [0.05, 0.1) is 19.8 Å². The van der Waals surface area contributed by atoms with Gasteiger partial charge in [0.2, 0.25) is 0 Å². The van der Waals surface area contributed by atoms with Gasteiger partial charge in [0.25, 0.3) is 0 Å². The van der Waals surface area contributed by atoms with Crippen LogP contribution in [0.15, 0.2) is 18.2 Å². The minimum Gasteiger partial charge on any atom is -0.383 e. The van der Waals surface area contributed by atoms with E-state index in [0.717, 1.165) is 9.80 Å². The molecule has 28 heavy (non-hydrogen) atoms. The van der Waals surface area contributed by atoms with Gasteiger partial charge in [-0.05, 0) is 12.1 Å². The van der Waals surface area contributed by atoms with Gasteiger partial charge in [-0.2, -0.15) is 0 Å². The number of carbonyl (C=O) groups is 3. The average Bonchev–Trinajstić information content (AvgIpc) is 2.88. The van der Waals surface area contributed by atoms with Crippen LogP contribution in [0.5, 0.6) is 0 Å². The number of benzene rings is 1. The van der Waals surface area contributed by atoms with Gasteiger partial charge < -0.3 is 4.74 Å². The molecule has 0 spiro atoms. The molecule has 1 aromatic rings. The average molecular weight is 413 g/mol. The van der Waals surface area contributed by atoms with Gasteiger partial charge in [-0.3, -0.25) is 24.3 Å².